The Morgan fingerprint density at radius 1 is 0.722 bits per heavy atom. The Balaban J connectivity index is 0.000000319. The highest BCUT2D eigenvalue weighted by Gasteiger charge is 2.24. The second-order valence-electron chi connectivity index (χ2n) is 8.08. The largest absolute Gasteiger partial charge is 0.473 e. The third-order valence-corrected chi connectivity index (χ3v) is 5.57. The van der Waals surface area contributed by atoms with Gasteiger partial charge in [-0.25, -0.2) is 19.2 Å². The molecule has 1 aliphatic carbocycles. The minimum Gasteiger partial charge on any atom is -0.473 e. The predicted molar refractivity (Wildman–Crippen MR) is 129 cm³/mol. The number of ether oxygens (including phenoxy) is 1. The van der Waals surface area contributed by atoms with Crippen LogP contribution in [0.4, 0.5) is 0 Å². The van der Waals surface area contributed by atoms with Crippen molar-refractivity contribution in [2.75, 3.05) is 6.54 Å². The van der Waals surface area contributed by atoms with E-state index in [-0.39, 0.29) is 0 Å². The molecule has 2 aromatic carbocycles. The summed E-state index contributed by atoms with van der Waals surface area (Å²) in [6.45, 7) is 1.14. The summed E-state index contributed by atoms with van der Waals surface area (Å²) >= 11 is 0. The summed E-state index contributed by atoms with van der Waals surface area (Å²) in [7, 11) is 0. The molecule has 0 saturated heterocycles. The molecule has 0 amide bonds. The highest BCUT2D eigenvalue weighted by Crippen LogP contribution is 2.33. The summed E-state index contributed by atoms with van der Waals surface area (Å²) in [4.78, 5) is 36.4. The average molecular weight is 500 g/mol. The van der Waals surface area contributed by atoms with E-state index in [2.05, 4.69) is 29.6 Å². The fourth-order valence-electron chi connectivity index (χ4n) is 3.97. The van der Waals surface area contributed by atoms with Gasteiger partial charge in [0.25, 0.3) is 0 Å². The monoisotopic (exact) mass is 499 g/mol. The smallest absolute Gasteiger partial charge is 0.414 e. The molecule has 10 heteroatoms. The van der Waals surface area contributed by atoms with Crippen LogP contribution in [-0.2, 0) is 25.6 Å². The molecule has 192 valence electrons. The van der Waals surface area contributed by atoms with Crippen molar-refractivity contribution in [2.24, 2.45) is 0 Å². The van der Waals surface area contributed by atoms with Crippen LogP contribution in [-0.4, -0.2) is 56.9 Å². The molecular formula is C26H29NO9. The van der Waals surface area contributed by atoms with Crippen molar-refractivity contribution in [3.05, 3.63) is 71.3 Å². The molecule has 36 heavy (non-hydrogen) atoms. The number of carbonyl (C=O) groups is 4. The molecule has 2 aliphatic rings. The molecule has 5 N–H and O–H groups in total. The van der Waals surface area contributed by atoms with Gasteiger partial charge in [-0.1, -0.05) is 41.5 Å². The summed E-state index contributed by atoms with van der Waals surface area (Å²) in [5.74, 6) is -5.51. The normalized spacial score (nSPS) is 16.2. The first-order valence-electron chi connectivity index (χ1n) is 11.4. The highest BCUT2D eigenvalue weighted by molar-refractivity contribution is 6.27. The van der Waals surface area contributed by atoms with E-state index in [1.165, 1.54) is 37.7 Å². The number of carboxylic acids is 4. The quantitative estimate of drug-likeness (QED) is 0.309. The summed E-state index contributed by atoms with van der Waals surface area (Å²) in [6.07, 6.45) is 7.72. The molecule has 10 nitrogen and oxygen atoms in total. The Labute approximate surface area is 207 Å². The number of para-hydroxylation sites is 1. The van der Waals surface area contributed by atoms with Gasteiger partial charge in [0.1, 0.15) is 11.5 Å². The van der Waals surface area contributed by atoms with E-state index in [1.807, 2.05) is 30.3 Å². The Morgan fingerprint density at radius 2 is 1.25 bits per heavy atom. The fraction of sp³-hybridized carbons (Fsp3) is 0.308. The molecule has 1 atom stereocenters. The minimum absolute atomic E-state index is 0.537. The van der Waals surface area contributed by atoms with E-state index < -0.39 is 23.9 Å². The standard InChI is InChI=1S/C22H25NO.2C2H2O4/c1-2-7-19(8-3-1)24-20-12-10-17(11-13-20)16-22-21-9-5-4-6-18(21)14-15-23-22;2*3-1(4)2(5)6/h1-3,7-8,10-13,22-23H,4-6,9,14-16H2;2*(H,3,4)(H,5,6). The van der Waals surface area contributed by atoms with Crippen molar-refractivity contribution < 1.29 is 44.3 Å². The second kappa shape index (κ2) is 14.3. The topological polar surface area (TPSA) is 170 Å². The lowest BCUT2D eigenvalue weighted by Crippen LogP contribution is -2.39. The van der Waals surface area contributed by atoms with E-state index in [4.69, 9.17) is 44.3 Å². The van der Waals surface area contributed by atoms with Crippen molar-refractivity contribution in [3.63, 3.8) is 0 Å². The van der Waals surface area contributed by atoms with Gasteiger partial charge in [0, 0.05) is 6.04 Å². The third-order valence-electron chi connectivity index (χ3n) is 5.57. The van der Waals surface area contributed by atoms with Gasteiger partial charge in [-0.3, -0.25) is 0 Å². The van der Waals surface area contributed by atoms with Crippen LogP contribution in [0.5, 0.6) is 11.5 Å². The Morgan fingerprint density at radius 3 is 1.81 bits per heavy atom. The zero-order valence-electron chi connectivity index (χ0n) is 19.6. The number of carboxylic acid groups (broad SMARTS) is 4. The molecule has 0 fully saturated rings. The molecule has 0 bridgehead atoms. The first kappa shape index (κ1) is 28.1. The molecular weight excluding hydrogens is 470 g/mol. The molecule has 1 heterocycles. The van der Waals surface area contributed by atoms with Crippen LogP contribution in [0.15, 0.2) is 65.7 Å². The minimum atomic E-state index is -1.82. The SMILES string of the molecule is O=C(O)C(=O)O.O=C(O)C(=O)O.c1ccc(Oc2ccc(CC3NCCC4=C3CCCC4)cc2)cc1. The van der Waals surface area contributed by atoms with Crippen LogP contribution in [0.3, 0.4) is 0 Å². The van der Waals surface area contributed by atoms with E-state index in [0.717, 1.165) is 24.5 Å². The molecule has 1 unspecified atom stereocenters. The van der Waals surface area contributed by atoms with Gasteiger partial charge in [-0.05, 0) is 74.9 Å². The molecule has 0 aromatic heterocycles. The third kappa shape index (κ3) is 9.59. The van der Waals surface area contributed by atoms with E-state index in [0.29, 0.717) is 6.04 Å². The fourth-order valence-corrected chi connectivity index (χ4v) is 3.97. The molecule has 0 spiro atoms. The van der Waals surface area contributed by atoms with Gasteiger partial charge in [0.15, 0.2) is 0 Å². The van der Waals surface area contributed by atoms with E-state index in [9.17, 15) is 0 Å². The maximum absolute atomic E-state index is 9.10. The van der Waals surface area contributed by atoms with Gasteiger partial charge in [-0.15, -0.1) is 0 Å². The molecule has 4 rings (SSSR count). The van der Waals surface area contributed by atoms with Gasteiger partial charge in [0.2, 0.25) is 0 Å². The zero-order chi connectivity index (χ0) is 26.5. The van der Waals surface area contributed by atoms with Gasteiger partial charge in [-0.2, -0.15) is 0 Å². The van der Waals surface area contributed by atoms with Crippen molar-refractivity contribution in [2.45, 2.75) is 44.6 Å². The summed E-state index contributed by atoms with van der Waals surface area (Å²) < 4.78 is 5.88. The number of hydrogen-bond acceptors (Lipinski definition) is 6. The van der Waals surface area contributed by atoms with Crippen LogP contribution in [0.25, 0.3) is 0 Å². The van der Waals surface area contributed by atoms with Crippen molar-refractivity contribution in [1.29, 1.82) is 0 Å². The maximum Gasteiger partial charge on any atom is 0.414 e. The Bertz CT molecular complexity index is 1030. The van der Waals surface area contributed by atoms with Crippen molar-refractivity contribution >= 4 is 23.9 Å². The first-order chi connectivity index (χ1) is 17.2. The maximum atomic E-state index is 9.10. The Hall–Kier alpha value is -4.18. The lowest BCUT2D eigenvalue weighted by molar-refractivity contribution is -0.159. The molecule has 0 radical (unpaired) electrons. The number of aliphatic carboxylic acids is 4. The molecule has 2 aromatic rings. The second-order valence-corrected chi connectivity index (χ2v) is 8.08. The molecule has 0 saturated carbocycles. The van der Waals surface area contributed by atoms with E-state index >= 15 is 0 Å². The zero-order valence-corrected chi connectivity index (χ0v) is 19.6. The van der Waals surface area contributed by atoms with Crippen LogP contribution in [0.2, 0.25) is 0 Å². The molecule has 1 aliphatic heterocycles. The number of hydrogen-bond donors (Lipinski definition) is 5. The average Bonchev–Trinajstić information content (AvgIpc) is 2.87. The number of nitrogens with one attached hydrogen (secondary N) is 1. The van der Waals surface area contributed by atoms with Crippen molar-refractivity contribution in [1.82, 2.24) is 5.32 Å². The Kier molecular flexibility index (Phi) is 11.1. The summed E-state index contributed by atoms with van der Waals surface area (Å²) in [5.41, 5.74) is 4.83. The lowest BCUT2D eigenvalue weighted by Gasteiger charge is -2.33. The van der Waals surface area contributed by atoms with Crippen molar-refractivity contribution in [3.8, 4) is 11.5 Å². The van der Waals surface area contributed by atoms with Gasteiger partial charge in [0.05, 0.1) is 0 Å². The van der Waals surface area contributed by atoms with E-state index in [1.54, 1.807) is 11.1 Å². The lowest BCUT2D eigenvalue weighted by atomic mass is 9.81. The summed E-state index contributed by atoms with van der Waals surface area (Å²) in [6, 6.07) is 19.1. The van der Waals surface area contributed by atoms with Crippen LogP contribution >= 0.6 is 0 Å². The number of rotatable bonds is 4. The number of benzene rings is 2. The first-order valence-corrected chi connectivity index (χ1v) is 11.4. The van der Waals surface area contributed by atoms with Gasteiger partial charge < -0.3 is 30.5 Å². The van der Waals surface area contributed by atoms with Crippen LogP contribution in [0.1, 0.15) is 37.7 Å². The predicted octanol–water partition coefficient (Wildman–Crippen LogP) is 3.57. The van der Waals surface area contributed by atoms with Gasteiger partial charge >= 0.3 is 23.9 Å². The highest BCUT2D eigenvalue weighted by atomic mass is 16.5. The summed E-state index contributed by atoms with van der Waals surface area (Å²) in [5, 5.41) is 33.3. The van der Waals surface area contributed by atoms with Crippen LogP contribution in [0, 0.1) is 0 Å². The van der Waals surface area contributed by atoms with Crippen LogP contribution < -0.4 is 10.1 Å².